The minimum atomic E-state index is -0.330. The maximum absolute atomic E-state index is 12.8. The van der Waals surface area contributed by atoms with Gasteiger partial charge in [-0.1, -0.05) is 30.3 Å². The average Bonchev–Trinajstić information content (AvgIpc) is 2.79. The van der Waals surface area contributed by atoms with Crippen LogP contribution < -0.4 is 14.7 Å². The van der Waals surface area contributed by atoms with Crippen molar-refractivity contribution in [2.75, 3.05) is 64.1 Å². The van der Waals surface area contributed by atoms with Crippen molar-refractivity contribution in [3.05, 3.63) is 89.0 Å². The number of carbonyl (C=O) groups is 1. The maximum Gasteiger partial charge on any atom is 0.338 e. The Kier molecular flexibility index (Phi) is 7.08. The van der Waals surface area contributed by atoms with Crippen molar-refractivity contribution in [1.82, 2.24) is 0 Å². The van der Waals surface area contributed by atoms with Gasteiger partial charge < -0.3 is 19.4 Å². The second-order valence-corrected chi connectivity index (χ2v) is 8.56. The topological polar surface area (TPSA) is 36.0 Å². The van der Waals surface area contributed by atoms with Crippen LogP contribution in [0, 0.1) is 0 Å². The minimum absolute atomic E-state index is 0.104. The maximum atomic E-state index is 12.8. The lowest BCUT2D eigenvalue weighted by Crippen LogP contribution is -2.15. The molecule has 0 heterocycles. The molecule has 0 saturated carbocycles. The van der Waals surface area contributed by atoms with Gasteiger partial charge in [-0.15, -0.1) is 0 Å². The highest BCUT2D eigenvalue weighted by molar-refractivity contribution is 5.93. The molecule has 168 valence electrons. The van der Waals surface area contributed by atoms with E-state index in [-0.39, 0.29) is 11.9 Å². The highest BCUT2D eigenvalue weighted by Crippen LogP contribution is 2.37. The van der Waals surface area contributed by atoms with Gasteiger partial charge in [-0.05, 0) is 53.1 Å². The molecular formula is C27H33N3O2. The predicted octanol–water partition coefficient (Wildman–Crippen LogP) is 4.85. The Morgan fingerprint density at radius 2 is 1.06 bits per heavy atom. The zero-order valence-corrected chi connectivity index (χ0v) is 20.1. The van der Waals surface area contributed by atoms with Crippen molar-refractivity contribution in [3.8, 4) is 0 Å². The second-order valence-electron chi connectivity index (χ2n) is 8.56. The Labute approximate surface area is 191 Å². The van der Waals surface area contributed by atoms with E-state index in [1.54, 1.807) is 0 Å². The van der Waals surface area contributed by atoms with E-state index in [0.29, 0.717) is 5.56 Å². The van der Waals surface area contributed by atoms with E-state index >= 15 is 0 Å². The summed E-state index contributed by atoms with van der Waals surface area (Å²) in [6.45, 7) is 0. The van der Waals surface area contributed by atoms with E-state index in [0.717, 1.165) is 33.8 Å². The van der Waals surface area contributed by atoms with E-state index in [1.807, 2.05) is 59.3 Å². The van der Waals surface area contributed by atoms with E-state index in [9.17, 15) is 4.79 Å². The summed E-state index contributed by atoms with van der Waals surface area (Å²) in [6.07, 6.45) is 0. The lowest BCUT2D eigenvalue weighted by Gasteiger charge is -2.24. The van der Waals surface area contributed by atoms with Gasteiger partial charge in [-0.2, -0.15) is 0 Å². The molecular weight excluding hydrogens is 398 g/mol. The van der Waals surface area contributed by atoms with Crippen molar-refractivity contribution >= 4 is 23.0 Å². The summed E-state index contributed by atoms with van der Waals surface area (Å²) in [5.74, 6) is -0.434. The zero-order chi connectivity index (χ0) is 23.4. The number of hydrogen-bond acceptors (Lipinski definition) is 5. The van der Waals surface area contributed by atoms with Crippen molar-refractivity contribution in [2.45, 2.75) is 5.92 Å². The Bertz CT molecular complexity index is 1000. The molecule has 5 nitrogen and oxygen atoms in total. The number of benzene rings is 3. The van der Waals surface area contributed by atoms with Crippen LogP contribution in [0.25, 0.3) is 0 Å². The third-order valence-electron chi connectivity index (χ3n) is 5.76. The van der Waals surface area contributed by atoms with Crippen LogP contribution in [0.3, 0.4) is 0 Å². The monoisotopic (exact) mass is 431 g/mol. The minimum Gasteiger partial charge on any atom is -0.465 e. The molecule has 32 heavy (non-hydrogen) atoms. The fraction of sp³-hybridized carbons (Fsp3) is 0.296. The van der Waals surface area contributed by atoms with Crippen LogP contribution in [0.5, 0.6) is 0 Å². The van der Waals surface area contributed by atoms with Crippen LogP contribution >= 0.6 is 0 Å². The first-order valence-corrected chi connectivity index (χ1v) is 10.7. The summed E-state index contributed by atoms with van der Waals surface area (Å²) < 4.78 is 5.16. The lowest BCUT2D eigenvalue weighted by molar-refractivity contribution is 0.0599. The largest absolute Gasteiger partial charge is 0.465 e. The molecule has 0 fully saturated rings. The number of anilines is 3. The number of esters is 1. The summed E-state index contributed by atoms with van der Waals surface area (Å²) >= 11 is 0. The van der Waals surface area contributed by atoms with Crippen LogP contribution in [-0.2, 0) is 4.74 Å². The van der Waals surface area contributed by atoms with Crippen LogP contribution in [0.4, 0.5) is 17.1 Å². The number of carbonyl (C=O) groups excluding carboxylic acids is 1. The molecule has 0 spiro atoms. The zero-order valence-electron chi connectivity index (χ0n) is 20.1. The first-order chi connectivity index (χ1) is 15.2. The quantitative estimate of drug-likeness (QED) is 0.395. The Morgan fingerprint density at radius 3 is 1.44 bits per heavy atom. The smallest absolute Gasteiger partial charge is 0.338 e. The second kappa shape index (κ2) is 9.77. The molecule has 0 saturated heterocycles. The van der Waals surface area contributed by atoms with Gasteiger partial charge in [0.05, 0.1) is 12.7 Å². The standard InChI is InChI=1S/C27H33N3O2/c1-28(2)21-12-8-19(9-13-21)26(20-10-14-22(15-11-20)29(3)4)24-17-16-23(30(5)6)18-25(24)27(31)32-7/h8-18,26H,1-7H3. The Morgan fingerprint density at radius 1 is 0.656 bits per heavy atom. The van der Waals surface area contributed by atoms with Gasteiger partial charge in [0.25, 0.3) is 0 Å². The number of ether oxygens (including phenoxy) is 1. The summed E-state index contributed by atoms with van der Waals surface area (Å²) in [7, 11) is 13.5. The molecule has 3 aromatic rings. The van der Waals surface area contributed by atoms with Crippen LogP contribution in [0.15, 0.2) is 66.7 Å². The molecule has 0 aliphatic rings. The third kappa shape index (κ3) is 4.88. The van der Waals surface area contributed by atoms with Gasteiger partial charge in [0.1, 0.15) is 0 Å². The predicted molar refractivity (Wildman–Crippen MR) is 135 cm³/mol. The molecule has 0 aliphatic heterocycles. The average molecular weight is 432 g/mol. The molecule has 0 bridgehead atoms. The van der Waals surface area contributed by atoms with Crippen LogP contribution in [0.1, 0.15) is 33.0 Å². The number of nitrogens with zero attached hydrogens (tertiary/aromatic N) is 3. The first kappa shape index (κ1) is 23.2. The summed E-state index contributed by atoms with van der Waals surface area (Å²) in [4.78, 5) is 19.0. The van der Waals surface area contributed by atoms with Crippen LogP contribution in [0.2, 0.25) is 0 Å². The molecule has 3 rings (SSSR count). The number of methoxy groups -OCH3 is 1. The van der Waals surface area contributed by atoms with Gasteiger partial charge in [-0.3, -0.25) is 0 Å². The van der Waals surface area contributed by atoms with Gasteiger partial charge >= 0.3 is 5.97 Å². The van der Waals surface area contributed by atoms with Crippen LogP contribution in [-0.4, -0.2) is 55.4 Å². The van der Waals surface area contributed by atoms with Gasteiger partial charge in [0, 0.05) is 65.3 Å². The Balaban J connectivity index is 2.21. The molecule has 0 unspecified atom stereocenters. The van der Waals surface area contributed by atoms with Crippen molar-refractivity contribution in [1.29, 1.82) is 0 Å². The lowest BCUT2D eigenvalue weighted by atomic mass is 9.82. The highest BCUT2D eigenvalue weighted by atomic mass is 16.5. The van der Waals surface area contributed by atoms with E-state index in [4.69, 9.17) is 4.74 Å². The third-order valence-corrected chi connectivity index (χ3v) is 5.76. The normalized spacial score (nSPS) is 10.8. The SMILES string of the molecule is COC(=O)c1cc(N(C)C)ccc1C(c1ccc(N(C)C)cc1)c1ccc(N(C)C)cc1. The van der Waals surface area contributed by atoms with Gasteiger partial charge in [-0.25, -0.2) is 4.79 Å². The summed E-state index contributed by atoms with van der Waals surface area (Å²) in [5, 5.41) is 0. The molecule has 0 radical (unpaired) electrons. The summed E-state index contributed by atoms with van der Waals surface area (Å²) in [6, 6.07) is 23.0. The summed E-state index contributed by atoms with van der Waals surface area (Å²) in [5.41, 5.74) is 6.97. The molecule has 0 aliphatic carbocycles. The molecule has 5 heteroatoms. The fourth-order valence-corrected chi connectivity index (χ4v) is 3.84. The van der Waals surface area contributed by atoms with Crippen molar-refractivity contribution in [3.63, 3.8) is 0 Å². The highest BCUT2D eigenvalue weighted by Gasteiger charge is 2.24. The van der Waals surface area contributed by atoms with E-state index in [1.165, 1.54) is 7.11 Å². The number of hydrogen-bond donors (Lipinski definition) is 0. The molecule has 0 amide bonds. The van der Waals surface area contributed by atoms with Crippen molar-refractivity contribution < 1.29 is 9.53 Å². The van der Waals surface area contributed by atoms with E-state index < -0.39 is 0 Å². The van der Waals surface area contributed by atoms with Crippen molar-refractivity contribution in [2.24, 2.45) is 0 Å². The molecule has 3 aromatic carbocycles. The Hall–Kier alpha value is -3.47. The number of rotatable bonds is 7. The van der Waals surface area contributed by atoms with E-state index in [2.05, 4.69) is 64.4 Å². The van der Waals surface area contributed by atoms with Gasteiger partial charge in [0.2, 0.25) is 0 Å². The molecule has 0 aromatic heterocycles. The fourth-order valence-electron chi connectivity index (χ4n) is 3.84. The van der Waals surface area contributed by atoms with Gasteiger partial charge in [0.15, 0.2) is 0 Å². The molecule has 0 N–H and O–H groups in total. The first-order valence-electron chi connectivity index (χ1n) is 10.7. The molecule has 0 atom stereocenters.